The predicted molar refractivity (Wildman–Crippen MR) is 86.0 cm³/mol. The second-order valence-electron chi connectivity index (χ2n) is 6.47. The number of rotatable bonds is 3. The molecule has 0 N–H and O–H groups in total. The first kappa shape index (κ1) is 17.5. The average Bonchev–Trinajstić information content (AvgIpc) is 3.05. The summed E-state index contributed by atoms with van der Waals surface area (Å²) in [7, 11) is -0.680. The molecule has 1 aromatic heterocycles. The van der Waals surface area contributed by atoms with Gasteiger partial charge in [-0.05, 0) is 26.3 Å². The zero-order valence-corrected chi connectivity index (χ0v) is 14.8. The highest BCUT2D eigenvalue weighted by Crippen LogP contribution is 2.22. The van der Waals surface area contributed by atoms with Gasteiger partial charge in [0.05, 0.1) is 12.2 Å². The van der Waals surface area contributed by atoms with Crippen LogP contribution < -0.4 is 0 Å². The number of amides is 1. The van der Waals surface area contributed by atoms with Crippen LogP contribution in [0.3, 0.4) is 0 Å². The molecule has 0 aromatic carbocycles. The van der Waals surface area contributed by atoms with Crippen molar-refractivity contribution in [1.29, 1.82) is 0 Å². The molecular formula is C14H22N4O4S. The van der Waals surface area contributed by atoms with Crippen molar-refractivity contribution in [1.82, 2.24) is 18.2 Å². The Kier molecular flexibility index (Phi) is 4.54. The van der Waals surface area contributed by atoms with Gasteiger partial charge in [0, 0.05) is 26.8 Å². The van der Waals surface area contributed by atoms with Crippen molar-refractivity contribution in [3.63, 3.8) is 0 Å². The maximum atomic E-state index is 12.0. The summed E-state index contributed by atoms with van der Waals surface area (Å²) >= 11 is 0. The summed E-state index contributed by atoms with van der Waals surface area (Å²) in [6, 6.07) is 0. The summed E-state index contributed by atoms with van der Waals surface area (Å²) in [4.78, 5) is 17.7. The molecule has 2 heterocycles. The Labute approximate surface area is 136 Å². The molecule has 0 saturated carbocycles. The predicted octanol–water partition coefficient (Wildman–Crippen LogP) is 1.17. The lowest BCUT2D eigenvalue weighted by Gasteiger charge is -2.24. The molecule has 9 heteroatoms. The second kappa shape index (κ2) is 5.97. The minimum Gasteiger partial charge on any atom is -0.444 e. The largest absolute Gasteiger partial charge is 0.444 e. The first-order chi connectivity index (χ1) is 10.5. The van der Waals surface area contributed by atoms with Gasteiger partial charge in [-0.1, -0.05) is 6.08 Å². The second-order valence-corrected chi connectivity index (χ2v) is 8.52. The molecule has 0 unspecified atom stereocenters. The van der Waals surface area contributed by atoms with Crippen molar-refractivity contribution < 1.29 is 17.9 Å². The number of imidazole rings is 1. The highest BCUT2D eigenvalue weighted by atomic mass is 32.2. The van der Waals surface area contributed by atoms with Crippen LogP contribution >= 0.6 is 0 Å². The molecule has 0 fully saturated rings. The van der Waals surface area contributed by atoms with Gasteiger partial charge < -0.3 is 9.64 Å². The Morgan fingerprint density at radius 3 is 2.57 bits per heavy atom. The van der Waals surface area contributed by atoms with Crippen molar-refractivity contribution in [3.8, 4) is 0 Å². The Hall–Kier alpha value is -1.87. The van der Waals surface area contributed by atoms with Gasteiger partial charge in [0.2, 0.25) is 0 Å². The molecule has 0 bridgehead atoms. The molecule has 1 aromatic rings. The van der Waals surface area contributed by atoms with E-state index in [1.165, 1.54) is 26.6 Å². The Morgan fingerprint density at radius 1 is 1.35 bits per heavy atom. The van der Waals surface area contributed by atoms with Crippen LogP contribution in [-0.2, 0) is 14.9 Å². The van der Waals surface area contributed by atoms with Crippen molar-refractivity contribution in [3.05, 3.63) is 24.3 Å². The van der Waals surface area contributed by atoms with Crippen LogP contribution in [0.15, 0.2) is 18.6 Å². The molecule has 8 nitrogen and oxygen atoms in total. The highest BCUT2D eigenvalue weighted by molar-refractivity contribution is 7.87. The number of carbonyl (C=O) groups excluding carboxylic acids is 1. The fourth-order valence-electron chi connectivity index (χ4n) is 1.99. The molecule has 0 atom stereocenters. The van der Waals surface area contributed by atoms with E-state index in [1.54, 1.807) is 4.90 Å². The highest BCUT2D eigenvalue weighted by Gasteiger charge is 2.27. The fraction of sp³-hybridized carbons (Fsp3) is 0.571. The third-order valence-corrected chi connectivity index (χ3v) is 4.84. The summed E-state index contributed by atoms with van der Waals surface area (Å²) in [5.74, 6) is 0. The maximum absolute atomic E-state index is 12.0. The van der Waals surface area contributed by atoms with E-state index in [4.69, 9.17) is 4.74 Å². The van der Waals surface area contributed by atoms with Crippen LogP contribution in [0.4, 0.5) is 4.79 Å². The Bertz CT molecular complexity index is 728. The summed E-state index contributed by atoms with van der Waals surface area (Å²) in [5, 5.41) is 0. The van der Waals surface area contributed by atoms with Crippen molar-refractivity contribution in [2.24, 2.45) is 0 Å². The molecule has 1 amide bonds. The molecule has 2 rings (SSSR count). The summed E-state index contributed by atoms with van der Waals surface area (Å²) in [6.07, 6.45) is 4.14. The van der Waals surface area contributed by atoms with E-state index in [0.29, 0.717) is 18.8 Å². The van der Waals surface area contributed by atoms with Crippen LogP contribution in [0.1, 0.15) is 26.5 Å². The first-order valence-corrected chi connectivity index (χ1v) is 8.55. The lowest BCUT2D eigenvalue weighted by Crippen LogP contribution is -2.35. The molecule has 0 aliphatic carbocycles. The van der Waals surface area contributed by atoms with Gasteiger partial charge >= 0.3 is 16.3 Å². The van der Waals surface area contributed by atoms with Crippen molar-refractivity contribution in [2.75, 3.05) is 27.2 Å². The smallest absolute Gasteiger partial charge is 0.410 e. The number of hydrogen-bond acceptors (Lipinski definition) is 5. The molecule has 0 saturated heterocycles. The van der Waals surface area contributed by atoms with Crippen LogP contribution in [0.2, 0.25) is 0 Å². The Balaban J connectivity index is 2.09. The minimum absolute atomic E-state index is 0.341. The normalized spacial score (nSPS) is 15.9. The van der Waals surface area contributed by atoms with E-state index >= 15 is 0 Å². The number of aromatic nitrogens is 2. The van der Waals surface area contributed by atoms with Crippen molar-refractivity contribution in [2.45, 2.75) is 26.4 Å². The third kappa shape index (κ3) is 3.91. The molecule has 23 heavy (non-hydrogen) atoms. The molecule has 1 aliphatic heterocycles. The molecule has 1 aliphatic rings. The monoisotopic (exact) mass is 342 g/mol. The average molecular weight is 342 g/mol. The SMILES string of the molecule is CN(C)S(=O)(=O)n1cnc(C2=CCN(C(=O)OC(C)(C)C)C2)c1. The van der Waals surface area contributed by atoms with Gasteiger partial charge in [0.25, 0.3) is 0 Å². The number of hydrogen-bond donors (Lipinski definition) is 0. The molecule has 0 spiro atoms. The third-order valence-electron chi connectivity index (χ3n) is 3.19. The van der Waals surface area contributed by atoms with Gasteiger partial charge in [-0.3, -0.25) is 0 Å². The maximum Gasteiger partial charge on any atom is 0.410 e. The van der Waals surface area contributed by atoms with Crippen LogP contribution in [0.5, 0.6) is 0 Å². The Morgan fingerprint density at radius 2 is 2.00 bits per heavy atom. The number of ether oxygens (including phenoxy) is 1. The zero-order chi connectivity index (χ0) is 17.4. The topological polar surface area (TPSA) is 84.7 Å². The summed E-state index contributed by atoms with van der Waals surface area (Å²) in [5.41, 5.74) is 0.770. The van der Waals surface area contributed by atoms with Gasteiger partial charge in [-0.2, -0.15) is 12.7 Å². The summed E-state index contributed by atoms with van der Waals surface area (Å²) in [6.45, 7) is 6.18. The lowest BCUT2D eigenvalue weighted by molar-refractivity contribution is 0.0306. The molecular weight excluding hydrogens is 320 g/mol. The standard InChI is InChI=1S/C14H22N4O4S/c1-14(2,3)22-13(19)17-7-6-11(8-17)12-9-18(10-15-12)23(20,21)16(4)5/h6,9-10H,7-8H2,1-5H3. The zero-order valence-electron chi connectivity index (χ0n) is 14.0. The number of nitrogens with zero attached hydrogens (tertiary/aromatic N) is 4. The van der Waals surface area contributed by atoms with Crippen LogP contribution in [-0.4, -0.2) is 65.5 Å². The van der Waals surface area contributed by atoms with Crippen LogP contribution in [0.25, 0.3) is 5.57 Å². The van der Waals surface area contributed by atoms with Gasteiger partial charge in [0.1, 0.15) is 11.9 Å². The summed E-state index contributed by atoms with van der Waals surface area (Å²) < 4.78 is 31.6. The van der Waals surface area contributed by atoms with Gasteiger partial charge in [-0.15, -0.1) is 0 Å². The van der Waals surface area contributed by atoms with E-state index < -0.39 is 21.9 Å². The van der Waals surface area contributed by atoms with Gasteiger partial charge in [0.15, 0.2) is 0 Å². The van der Waals surface area contributed by atoms with Crippen LogP contribution in [0, 0.1) is 0 Å². The van der Waals surface area contributed by atoms with E-state index in [2.05, 4.69) is 4.98 Å². The lowest BCUT2D eigenvalue weighted by atomic mass is 10.2. The van der Waals surface area contributed by atoms with E-state index in [1.807, 2.05) is 26.8 Å². The van der Waals surface area contributed by atoms with Gasteiger partial charge in [-0.25, -0.2) is 13.8 Å². The molecule has 0 radical (unpaired) electrons. The number of carbonyl (C=O) groups is 1. The quantitative estimate of drug-likeness (QED) is 0.823. The molecule has 128 valence electrons. The van der Waals surface area contributed by atoms with E-state index in [-0.39, 0.29) is 0 Å². The minimum atomic E-state index is -3.58. The van der Waals surface area contributed by atoms with E-state index in [0.717, 1.165) is 13.9 Å². The van der Waals surface area contributed by atoms with Crippen molar-refractivity contribution >= 4 is 21.9 Å². The fourth-order valence-corrected chi connectivity index (χ4v) is 2.77. The van der Waals surface area contributed by atoms with E-state index in [9.17, 15) is 13.2 Å². The first-order valence-electron chi connectivity index (χ1n) is 7.15.